The van der Waals surface area contributed by atoms with E-state index in [-0.39, 0.29) is 17.9 Å². The molecule has 2 aromatic heterocycles. The van der Waals surface area contributed by atoms with E-state index in [9.17, 15) is 4.39 Å². The number of hydrogen-bond acceptors (Lipinski definition) is 3. The number of anilines is 1. The Balaban J connectivity index is 1.84. The molecule has 0 radical (unpaired) electrons. The molecule has 1 aliphatic heterocycles. The molecule has 4 rings (SSSR count). The highest BCUT2D eigenvalue weighted by Crippen LogP contribution is 2.42. The van der Waals surface area contributed by atoms with Crippen molar-refractivity contribution in [2.45, 2.75) is 12.1 Å². The molecule has 1 fully saturated rings. The monoisotopic (exact) mass is 339 g/mol. The smallest absolute Gasteiger partial charge is 0.174 e. The second kappa shape index (κ2) is 6.05. The van der Waals surface area contributed by atoms with Crippen LogP contribution in [0.4, 0.5) is 10.1 Å². The molecule has 24 heavy (non-hydrogen) atoms. The first-order valence-corrected chi connectivity index (χ1v) is 7.95. The van der Waals surface area contributed by atoms with Crippen LogP contribution in [0, 0.1) is 5.82 Å². The predicted molar refractivity (Wildman–Crippen MR) is 93.0 cm³/mol. The summed E-state index contributed by atoms with van der Waals surface area (Å²) in [5.41, 5.74) is 1.23. The molecule has 6 heteroatoms. The van der Waals surface area contributed by atoms with Crippen LogP contribution < -0.4 is 10.2 Å². The lowest BCUT2D eigenvalue weighted by molar-refractivity contribution is 0.430. The minimum absolute atomic E-state index is 0.232. The summed E-state index contributed by atoms with van der Waals surface area (Å²) in [6.45, 7) is 0. The van der Waals surface area contributed by atoms with E-state index >= 15 is 0 Å². The minimum Gasteiger partial charge on any atom is -0.467 e. The molecule has 1 aromatic carbocycles. The third kappa shape index (κ3) is 2.45. The Hall–Kier alpha value is -2.73. The van der Waals surface area contributed by atoms with E-state index in [0.29, 0.717) is 16.6 Å². The van der Waals surface area contributed by atoms with Gasteiger partial charge in [0.25, 0.3) is 0 Å². The Morgan fingerprint density at radius 2 is 1.92 bits per heavy atom. The van der Waals surface area contributed by atoms with Crippen molar-refractivity contribution in [2.24, 2.45) is 0 Å². The van der Waals surface area contributed by atoms with Crippen LogP contribution in [-0.2, 0) is 0 Å². The van der Waals surface area contributed by atoms with E-state index in [0.717, 1.165) is 5.69 Å². The Morgan fingerprint density at radius 3 is 2.62 bits per heavy atom. The molecule has 3 heterocycles. The van der Waals surface area contributed by atoms with Gasteiger partial charge in [-0.05, 0) is 48.6 Å². The second-order valence-electron chi connectivity index (χ2n) is 5.46. The largest absolute Gasteiger partial charge is 0.467 e. The highest BCUT2D eigenvalue weighted by molar-refractivity contribution is 7.80. The van der Waals surface area contributed by atoms with Crippen LogP contribution in [0.1, 0.15) is 23.5 Å². The predicted octanol–water partition coefficient (Wildman–Crippen LogP) is 3.99. The van der Waals surface area contributed by atoms with E-state index in [2.05, 4.69) is 10.3 Å². The fourth-order valence-corrected chi connectivity index (χ4v) is 3.35. The highest BCUT2D eigenvalue weighted by Gasteiger charge is 2.43. The van der Waals surface area contributed by atoms with Crippen molar-refractivity contribution in [3.63, 3.8) is 0 Å². The van der Waals surface area contributed by atoms with E-state index in [4.69, 9.17) is 16.6 Å². The fourth-order valence-electron chi connectivity index (χ4n) is 3.01. The van der Waals surface area contributed by atoms with Crippen molar-refractivity contribution in [3.05, 3.63) is 84.3 Å². The number of halogens is 1. The van der Waals surface area contributed by atoms with E-state index in [1.165, 1.54) is 6.07 Å². The quantitative estimate of drug-likeness (QED) is 0.731. The molecule has 0 saturated carbocycles. The molecule has 0 bridgehead atoms. The third-order valence-corrected chi connectivity index (χ3v) is 4.36. The summed E-state index contributed by atoms with van der Waals surface area (Å²) in [7, 11) is 0. The van der Waals surface area contributed by atoms with Gasteiger partial charge in [0, 0.05) is 6.20 Å². The third-order valence-electron chi connectivity index (χ3n) is 4.04. The molecule has 1 N–H and O–H groups in total. The van der Waals surface area contributed by atoms with Crippen LogP contribution in [-0.4, -0.2) is 10.1 Å². The van der Waals surface area contributed by atoms with Crippen molar-refractivity contribution in [2.75, 3.05) is 4.90 Å². The lowest BCUT2D eigenvalue weighted by atomic mass is 10.0. The highest BCUT2D eigenvalue weighted by atomic mass is 32.1. The number of aromatic nitrogens is 1. The number of rotatable bonds is 3. The van der Waals surface area contributed by atoms with Gasteiger partial charge in [-0.15, -0.1) is 0 Å². The maximum absolute atomic E-state index is 14.4. The molecule has 120 valence electrons. The summed E-state index contributed by atoms with van der Waals surface area (Å²) in [5.74, 6) is 0.362. The van der Waals surface area contributed by atoms with Crippen LogP contribution in [0.3, 0.4) is 0 Å². The maximum atomic E-state index is 14.4. The molecule has 3 aromatic rings. The zero-order valence-corrected chi connectivity index (χ0v) is 13.4. The van der Waals surface area contributed by atoms with Crippen LogP contribution >= 0.6 is 12.2 Å². The van der Waals surface area contributed by atoms with Gasteiger partial charge in [-0.3, -0.25) is 4.98 Å². The number of thiocarbonyl (C=S) groups is 1. The molecule has 1 aliphatic rings. The van der Waals surface area contributed by atoms with Crippen molar-refractivity contribution in [3.8, 4) is 0 Å². The molecule has 0 spiro atoms. The van der Waals surface area contributed by atoms with Crippen molar-refractivity contribution in [1.82, 2.24) is 10.3 Å². The SMILES string of the molecule is Fc1ccccc1N1C(=S)N[C@@H](c2ccccn2)[C@H]1c1ccco1. The second-order valence-corrected chi connectivity index (χ2v) is 5.85. The van der Waals surface area contributed by atoms with Crippen molar-refractivity contribution in [1.29, 1.82) is 0 Å². The Kier molecular flexibility index (Phi) is 3.74. The zero-order valence-electron chi connectivity index (χ0n) is 12.6. The Morgan fingerprint density at radius 1 is 1.08 bits per heavy atom. The molecule has 0 unspecified atom stereocenters. The molecule has 2 atom stereocenters. The first-order chi connectivity index (χ1) is 11.8. The van der Waals surface area contributed by atoms with Gasteiger partial charge >= 0.3 is 0 Å². The standard InChI is InChI=1S/C18H14FN3OS/c19-12-6-1-2-8-14(12)22-17(15-9-5-11-23-15)16(21-18(22)24)13-7-3-4-10-20-13/h1-11,16-17H,(H,21,24)/t16-,17+/m0/s1. The first kappa shape index (κ1) is 14.8. The number of para-hydroxylation sites is 1. The van der Waals surface area contributed by atoms with Crippen molar-refractivity contribution >= 4 is 23.0 Å². The van der Waals surface area contributed by atoms with Crippen molar-refractivity contribution < 1.29 is 8.81 Å². The van der Waals surface area contributed by atoms with E-state index < -0.39 is 0 Å². The summed E-state index contributed by atoms with van der Waals surface area (Å²) >= 11 is 5.49. The number of pyridine rings is 1. The van der Waals surface area contributed by atoms with E-state index in [1.807, 2.05) is 30.3 Å². The number of furan rings is 1. The molecule has 4 nitrogen and oxygen atoms in total. The van der Waals surface area contributed by atoms with Crippen LogP contribution in [0.25, 0.3) is 0 Å². The summed E-state index contributed by atoms with van der Waals surface area (Å²) in [6, 6.07) is 15.4. The Labute approximate surface area is 143 Å². The van der Waals surface area contributed by atoms with Gasteiger partial charge in [-0.25, -0.2) is 4.39 Å². The van der Waals surface area contributed by atoms with Crippen LogP contribution in [0.2, 0.25) is 0 Å². The summed E-state index contributed by atoms with van der Waals surface area (Å²) in [4.78, 5) is 6.17. The van der Waals surface area contributed by atoms with Gasteiger partial charge in [0.15, 0.2) is 5.11 Å². The zero-order chi connectivity index (χ0) is 16.5. The van der Waals surface area contributed by atoms with Gasteiger partial charge in [-0.1, -0.05) is 18.2 Å². The first-order valence-electron chi connectivity index (χ1n) is 7.54. The molecule has 1 saturated heterocycles. The molecule has 0 aliphatic carbocycles. The lowest BCUT2D eigenvalue weighted by Gasteiger charge is -2.26. The summed E-state index contributed by atoms with van der Waals surface area (Å²) < 4.78 is 20.0. The maximum Gasteiger partial charge on any atom is 0.174 e. The van der Waals surface area contributed by atoms with E-state index in [1.54, 1.807) is 35.6 Å². The van der Waals surface area contributed by atoms with Gasteiger partial charge in [-0.2, -0.15) is 0 Å². The average Bonchev–Trinajstić information content (AvgIpc) is 3.24. The topological polar surface area (TPSA) is 41.3 Å². The number of benzene rings is 1. The van der Waals surface area contributed by atoms with Crippen LogP contribution in [0.15, 0.2) is 71.5 Å². The van der Waals surface area contributed by atoms with Crippen LogP contribution in [0.5, 0.6) is 0 Å². The number of hydrogen-bond donors (Lipinski definition) is 1. The number of nitrogens with one attached hydrogen (secondary N) is 1. The number of nitrogens with zero attached hydrogens (tertiary/aromatic N) is 2. The van der Waals surface area contributed by atoms with Gasteiger partial charge in [0.05, 0.1) is 23.7 Å². The molecular weight excluding hydrogens is 325 g/mol. The fraction of sp³-hybridized carbons (Fsp3) is 0.111. The molecular formula is C18H14FN3OS. The normalized spacial score (nSPS) is 20.2. The summed E-state index contributed by atoms with van der Waals surface area (Å²) in [5, 5.41) is 3.69. The summed E-state index contributed by atoms with van der Waals surface area (Å²) in [6.07, 6.45) is 3.33. The lowest BCUT2D eigenvalue weighted by Crippen LogP contribution is -2.30. The van der Waals surface area contributed by atoms with Gasteiger partial charge in [0.2, 0.25) is 0 Å². The molecule has 0 amide bonds. The van der Waals surface area contributed by atoms with Gasteiger partial charge < -0.3 is 14.6 Å². The Bertz CT molecular complexity index is 854. The average molecular weight is 339 g/mol. The van der Waals surface area contributed by atoms with Gasteiger partial charge in [0.1, 0.15) is 17.6 Å². The minimum atomic E-state index is -0.333.